The fourth-order valence-corrected chi connectivity index (χ4v) is 2.27. The summed E-state index contributed by atoms with van der Waals surface area (Å²) in [4.78, 5) is 4.22. The van der Waals surface area contributed by atoms with Crippen molar-refractivity contribution in [2.24, 2.45) is 0 Å². The van der Waals surface area contributed by atoms with E-state index >= 15 is 0 Å². The molecule has 1 aliphatic rings. The fraction of sp³-hybridized carbons (Fsp3) is 0.182. The maximum atomic E-state index is 9.90. The zero-order valence-electron chi connectivity index (χ0n) is 8.29. The Balaban J connectivity index is 2.48. The van der Waals surface area contributed by atoms with Crippen LogP contribution in [-0.2, 0) is 13.1 Å². The minimum absolute atomic E-state index is 0.114. The molecule has 0 unspecified atom stereocenters. The number of pyridine rings is 1. The van der Waals surface area contributed by atoms with Crippen molar-refractivity contribution in [2.75, 3.05) is 0 Å². The molecule has 0 aliphatic carbocycles. The monoisotopic (exact) mass is 236 g/mol. The predicted molar refractivity (Wildman–Crippen MR) is 60.6 cm³/mol. The normalized spacial score (nSPS) is 14.3. The molecule has 3 N–H and O–H groups in total. The Hall–Kier alpha value is -1.52. The first-order valence-corrected chi connectivity index (χ1v) is 5.28. The summed E-state index contributed by atoms with van der Waals surface area (Å²) in [5, 5.41) is 23.4. The number of aromatic nitrogens is 1. The van der Waals surface area contributed by atoms with Gasteiger partial charge < -0.3 is 15.5 Å². The first kappa shape index (κ1) is 9.69. The Morgan fingerprint density at radius 1 is 1.25 bits per heavy atom. The van der Waals surface area contributed by atoms with Crippen LogP contribution in [-0.4, -0.2) is 15.2 Å². The lowest BCUT2D eigenvalue weighted by Gasteiger charge is -2.08. The number of hydrogen-bond donors (Lipinski definition) is 3. The van der Waals surface area contributed by atoms with Gasteiger partial charge in [-0.1, -0.05) is 11.6 Å². The summed E-state index contributed by atoms with van der Waals surface area (Å²) >= 11 is 5.78. The van der Waals surface area contributed by atoms with Gasteiger partial charge in [-0.2, -0.15) is 0 Å². The molecule has 1 aliphatic heterocycles. The third-order valence-electron chi connectivity index (χ3n) is 2.87. The van der Waals surface area contributed by atoms with Gasteiger partial charge in [0.25, 0.3) is 0 Å². The molecular weight excluding hydrogens is 228 g/mol. The molecule has 0 radical (unpaired) electrons. The molecule has 0 atom stereocenters. The minimum Gasteiger partial charge on any atom is -0.504 e. The highest BCUT2D eigenvalue weighted by Crippen LogP contribution is 2.41. The van der Waals surface area contributed by atoms with E-state index in [1.807, 2.05) is 0 Å². The molecule has 0 amide bonds. The number of phenols is 2. The van der Waals surface area contributed by atoms with E-state index in [0.29, 0.717) is 17.4 Å². The van der Waals surface area contributed by atoms with Crippen molar-refractivity contribution >= 4 is 22.5 Å². The first-order chi connectivity index (χ1) is 7.68. The van der Waals surface area contributed by atoms with E-state index in [9.17, 15) is 10.2 Å². The van der Waals surface area contributed by atoms with Crippen molar-refractivity contribution in [3.8, 4) is 11.5 Å². The standard InChI is InChI=1S/C11H9ClN2O2/c12-7-1-8-9(11(16)10(7)15)6-4-13-2-5(6)3-14-8/h1,3,13,15-16H,2,4H2. The van der Waals surface area contributed by atoms with Gasteiger partial charge in [-0.15, -0.1) is 0 Å². The Kier molecular flexibility index (Phi) is 1.96. The molecule has 16 heavy (non-hydrogen) atoms. The molecule has 2 aromatic rings. The molecule has 0 bridgehead atoms. The van der Waals surface area contributed by atoms with Crippen LogP contribution in [0, 0.1) is 0 Å². The summed E-state index contributed by atoms with van der Waals surface area (Å²) in [6, 6.07) is 1.56. The van der Waals surface area contributed by atoms with Crippen molar-refractivity contribution in [3.05, 3.63) is 28.4 Å². The molecule has 1 aromatic carbocycles. The first-order valence-electron chi connectivity index (χ1n) is 4.90. The fourth-order valence-electron chi connectivity index (χ4n) is 2.08. The number of aromatic hydroxyl groups is 2. The number of halogens is 1. The van der Waals surface area contributed by atoms with E-state index in [2.05, 4.69) is 10.3 Å². The Morgan fingerprint density at radius 2 is 2.06 bits per heavy atom. The third-order valence-corrected chi connectivity index (χ3v) is 3.16. The Labute approximate surface area is 96.5 Å². The summed E-state index contributed by atoms with van der Waals surface area (Å²) in [5.74, 6) is -0.466. The number of fused-ring (bicyclic) bond motifs is 3. The van der Waals surface area contributed by atoms with Crippen molar-refractivity contribution in [1.82, 2.24) is 10.3 Å². The van der Waals surface area contributed by atoms with Gasteiger partial charge in [0.1, 0.15) is 0 Å². The number of hydrogen-bond acceptors (Lipinski definition) is 4. The highest BCUT2D eigenvalue weighted by atomic mass is 35.5. The van der Waals surface area contributed by atoms with Gasteiger partial charge in [0, 0.05) is 19.3 Å². The largest absolute Gasteiger partial charge is 0.504 e. The molecule has 1 aromatic heterocycles. The number of rotatable bonds is 0. The second kappa shape index (κ2) is 3.23. The molecule has 0 fully saturated rings. The maximum absolute atomic E-state index is 9.90. The quantitative estimate of drug-likeness (QED) is 0.612. The Morgan fingerprint density at radius 3 is 2.88 bits per heavy atom. The molecule has 4 nitrogen and oxygen atoms in total. The van der Waals surface area contributed by atoms with Gasteiger partial charge in [-0.25, -0.2) is 0 Å². The van der Waals surface area contributed by atoms with Crippen molar-refractivity contribution in [2.45, 2.75) is 13.1 Å². The van der Waals surface area contributed by atoms with Crippen LogP contribution in [0.2, 0.25) is 5.02 Å². The zero-order valence-corrected chi connectivity index (χ0v) is 9.04. The van der Waals surface area contributed by atoms with Crippen LogP contribution >= 0.6 is 11.6 Å². The molecule has 0 saturated heterocycles. The SMILES string of the molecule is Oc1c(Cl)cc2ncc3c(c2c1O)CNC3. The minimum atomic E-state index is -0.281. The molecule has 0 spiro atoms. The summed E-state index contributed by atoms with van der Waals surface area (Å²) in [7, 11) is 0. The lowest BCUT2D eigenvalue weighted by atomic mass is 10.0. The third kappa shape index (κ3) is 1.17. The maximum Gasteiger partial charge on any atom is 0.177 e. The summed E-state index contributed by atoms with van der Waals surface area (Å²) in [5.41, 5.74) is 2.63. The van der Waals surface area contributed by atoms with Crippen LogP contribution < -0.4 is 5.32 Å². The van der Waals surface area contributed by atoms with Crippen LogP contribution in [0.4, 0.5) is 0 Å². The van der Waals surface area contributed by atoms with Crippen LogP contribution in [0.1, 0.15) is 11.1 Å². The van der Waals surface area contributed by atoms with Crippen LogP contribution in [0.15, 0.2) is 12.3 Å². The number of nitrogens with one attached hydrogen (secondary N) is 1. The van der Waals surface area contributed by atoms with Gasteiger partial charge in [0.05, 0.1) is 15.9 Å². The van der Waals surface area contributed by atoms with E-state index in [1.54, 1.807) is 12.3 Å². The van der Waals surface area contributed by atoms with E-state index in [4.69, 9.17) is 11.6 Å². The van der Waals surface area contributed by atoms with Gasteiger partial charge in [-0.3, -0.25) is 4.98 Å². The lowest BCUT2D eigenvalue weighted by molar-refractivity contribution is 0.408. The Bertz CT molecular complexity index is 598. The molecule has 2 heterocycles. The van der Waals surface area contributed by atoms with Crippen molar-refractivity contribution in [3.63, 3.8) is 0 Å². The predicted octanol–water partition coefficient (Wildman–Crippen LogP) is 1.90. The van der Waals surface area contributed by atoms with Crippen molar-refractivity contribution in [1.29, 1.82) is 0 Å². The molecular formula is C11H9ClN2O2. The van der Waals surface area contributed by atoms with Crippen LogP contribution in [0.3, 0.4) is 0 Å². The van der Waals surface area contributed by atoms with E-state index in [0.717, 1.165) is 17.7 Å². The molecule has 0 saturated carbocycles. The van der Waals surface area contributed by atoms with E-state index in [1.165, 1.54) is 0 Å². The topological polar surface area (TPSA) is 65.4 Å². The van der Waals surface area contributed by atoms with Crippen LogP contribution in [0.25, 0.3) is 10.9 Å². The summed E-state index contributed by atoms with van der Waals surface area (Å²) in [6.45, 7) is 1.41. The number of nitrogens with zero attached hydrogens (tertiary/aromatic N) is 1. The van der Waals surface area contributed by atoms with Gasteiger partial charge in [0.2, 0.25) is 0 Å². The number of benzene rings is 1. The van der Waals surface area contributed by atoms with Gasteiger partial charge in [0.15, 0.2) is 11.5 Å². The van der Waals surface area contributed by atoms with Crippen molar-refractivity contribution < 1.29 is 10.2 Å². The lowest BCUT2D eigenvalue weighted by Crippen LogP contribution is -2.00. The highest BCUT2D eigenvalue weighted by molar-refractivity contribution is 6.33. The highest BCUT2D eigenvalue weighted by Gasteiger charge is 2.20. The second-order valence-electron chi connectivity index (χ2n) is 3.82. The molecule has 82 valence electrons. The van der Waals surface area contributed by atoms with Gasteiger partial charge in [-0.05, 0) is 17.2 Å². The van der Waals surface area contributed by atoms with Crippen LogP contribution in [0.5, 0.6) is 11.5 Å². The second-order valence-corrected chi connectivity index (χ2v) is 4.22. The van der Waals surface area contributed by atoms with E-state index < -0.39 is 0 Å². The summed E-state index contributed by atoms with van der Waals surface area (Å²) < 4.78 is 0. The number of phenolic OH excluding ortho intramolecular Hbond substituents is 2. The molecule has 5 heteroatoms. The molecule has 3 rings (SSSR count). The smallest absolute Gasteiger partial charge is 0.177 e. The average molecular weight is 237 g/mol. The summed E-state index contributed by atoms with van der Waals surface area (Å²) in [6.07, 6.45) is 1.77. The van der Waals surface area contributed by atoms with E-state index in [-0.39, 0.29) is 16.5 Å². The van der Waals surface area contributed by atoms with Gasteiger partial charge >= 0.3 is 0 Å². The average Bonchev–Trinajstić information content (AvgIpc) is 2.73. The zero-order chi connectivity index (χ0) is 11.3.